The SMILES string of the molecule is OBOc1cccc(-c2cccc(-c3cc(-c4ccccc4)cc(-c4ccccc4)n3)c2)c1. The first-order valence-electron chi connectivity index (χ1n) is 10.9. The van der Waals surface area contributed by atoms with Gasteiger partial charge in [-0.05, 0) is 52.6 Å². The van der Waals surface area contributed by atoms with E-state index < -0.39 is 0 Å². The summed E-state index contributed by atoms with van der Waals surface area (Å²) in [5, 5.41) is 9.08. The van der Waals surface area contributed by atoms with Crippen molar-refractivity contribution in [3.05, 3.63) is 121 Å². The molecule has 0 aliphatic heterocycles. The number of rotatable bonds is 6. The molecule has 33 heavy (non-hydrogen) atoms. The smallest absolute Gasteiger partial charge is 0.504 e. The number of benzene rings is 4. The van der Waals surface area contributed by atoms with E-state index in [4.69, 9.17) is 14.7 Å². The minimum Gasteiger partial charge on any atom is -0.539 e. The lowest BCUT2D eigenvalue weighted by molar-refractivity contribution is 0.454. The van der Waals surface area contributed by atoms with Gasteiger partial charge in [-0.3, -0.25) is 0 Å². The van der Waals surface area contributed by atoms with Gasteiger partial charge in [-0.1, -0.05) is 91.0 Å². The number of nitrogens with zero attached hydrogens (tertiary/aromatic N) is 1. The molecule has 0 aliphatic rings. The summed E-state index contributed by atoms with van der Waals surface area (Å²) >= 11 is 0. The highest BCUT2D eigenvalue weighted by atomic mass is 16.5. The Kier molecular flexibility index (Phi) is 6.00. The zero-order valence-electron chi connectivity index (χ0n) is 18.1. The molecule has 4 aromatic carbocycles. The zero-order valence-corrected chi connectivity index (χ0v) is 18.1. The Balaban J connectivity index is 1.62. The highest BCUT2D eigenvalue weighted by molar-refractivity contribution is 6.17. The van der Waals surface area contributed by atoms with Crippen LogP contribution in [-0.4, -0.2) is 17.7 Å². The molecule has 5 aromatic rings. The van der Waals surface area contributed by atoms with Crippen LogP contribution in [0.5, 0.6) is 5.75 Å². The van der Waals surface area contributed by atoms with Crippen LogP contribution in [0.1, 0.15) is 0 Å². The minimum atomic E-state index is -0.345. The lowest BCUT2D eigenvalue weighted by atomic mass is 9.98. The number of hydrogen-bond donors (Lipinski definition) is 1. The van der Waals surface area contributed by atoms with Gasteiger partial charge < -0.3 is 9.68 Å². The quantitative estimate of drug-likeness (QED) is 0.320. The fraction of sp³-hybridized carbons (Fsp3) is 0. The predicted molar refractivity (Wildman–Crippen MR) is 136 cm³/mol. The summed E-state index contributed by atoms with van der Waals surface area (Å²) in [4.78, 5) is 5.02. The normalized spacial score (nSPS) is 10.6. The maximum Gasteiger partial charge on any atom is 0.504 e. The zero-order chi connectivity index (χ0) is 22.5. The standard InChI is InChI=1S/C29H22BNO2/c32-30-33-27-16-8-14-24(18-27)23-13-7-15-25(17-23)29-20-26(21-9-3-1-4-10-21)19-28(31-29)22-11-5-2-6-12-22/h1-20,30,32H. The molecular weight excluding hydrogens is 405 g/mol. The first-order chi connectivity index (χ1) is 16.3. The van der Waals surface area contributed by atoms with Gasteiger partial charge in [0.2, 0.25) is 0 Å². The highest BCUT2D eigenvalue weighted by Gasteiger charge is 2.10. The molecule has 0 radical (unpaired) electrons. The van der Waals surface area contributed by atoms with Gasteiger partial charge in [0, 0.05) is 11.1 Å². The summed E-state index contributed by atoms with van der Waals surface area (Å²) in [5.74, 6) is 0.635. The van der Waals surface area contributed by atoms with Crippen molar-refractivity contribution in [2.75, 3.05) is 0 Å². The maximum absolute atomic E-state index is 9.08. The summed E-state index contributed by atoms with van der Waals surface area (Å²) in [6, 6.07) is 41.0. The van der Waals surface area contributed by atoms with E-state index in [0.717, 1.165) is 44.8 Å². The Morgan fingerprint density at radius 2 is 1.03 bits per heavy atom. The van der Waals surface area contributed by atoms with Crippen LogP contribution >= 0.6 is 0 Å². The average Bonchev–Trinajstić information content (AvgIpc) is 2.90. The number of pyridine rings is 1. The van der Waals surface area contributed by atoms with Crippen LogP contribution in [0.25, 0.3) is 44.8 Å². The molecule has 1 N–H and O–H groups in total. The summed E-state index contributed by atoms with van der Waals surface area (Å²) in [5.41, 5.74) is 8.34. The minimum absolute atomic E-state index is 0.345. The van der Waals surface area contributed by atoms with Crippen molar-refractivity contribution < 1.29 is 9.68 Å². The molecule has 1 heterocycles. The fourth-order valence-corrected chi connectivity index (χ4v) is 3.93. The van der Waals surface area contributed by atoms with Gasteiger partial charge in [-0.25, -0.2) is 4.98 Å². The average molecular weight is 427 g/mol. The predicted octanol–water partition coefficient (Wildman–Crippen LogP) is 6.39. The lowest BCUT2D eigenvalue weighted by Gasteiger charge is -2.12. The topological polar surface area (TPSA) is 42.4 Å². The van der Waals surface area contributed by atoms with Gasteiger partial charge in [0.1, 0.15) is 5.75 Å². The second-order valence-corrected chi connectivity index (χ2v) is 7.74. The molecule has 4 heteroatoms. The van der Waals surface area contributed by atoms with E-state index in [1.807, 2.05) is 54.6 Å². The van der Waals surface area contributed by atoms with Crippen molar-refractivity contribution >= 4 is 7.69 Å². The maximum atomic E-state index is 9.08. The molecule has 0 atom stereocenters. The summed E-state index contributed by atoms with van der Waals surface area (Å²) in [6.07, 6.45) is 0. The Bertz CT molecular complexity index is 1310. The van der Waals surface area contributed by atoms with Crippen LogP contribution in [0.4, 0.5) is 0 Å². The molecule has 0 saturated heterocycles. The van der Waals surface area contributed by atoms with Crippen LogP contribution in [0.15, 0.2) is 121 Å². The first-order valence-corrected chi connectivity index (χ1v) is 10.9. The third kappa shape index (κ3) is 4.71. The number of aromatic nitrogens is 1. The Morgan fingerprint density at radius 1 is 0.485 bits per heavy atom. The van der Waals surface area contributed by atoms with Gasteiger partial charge in [-0.2, -0.15) is 0 Å². The molecule has 0 fully saturated rings. The van der Waals surface area contributed by atoms with Crippen LogP contribution in [0, 0.1) is 0 Å². The Hall–Kier alpha value is -4.15. The Labute approximate surface area is 194 Å². The molecule has 0 saturated carbocycles. The molecule has 3 nitrogen and oxygen atoms in total. The van der Waals surface area contributed by atoms with E-state index in [0.29, 0.717) is 5.75 Å². The third-order valence-electron chi connectivity index (χ3n) is 5.56. The van der Waals surface area contributed by atoms with Gasteiger partial charge in [0.15, 0.2) is 0 Å². The molecule has 0 amide bonds. The first kappa shape index (κ1) is 20.7. The van der Waals surface area contributed by atoms with E-state index in [-0.39, 0.29) is 7.69 Å². The van der Waals surface area contributed by atoms with E-state index in [1.165, 1.54) is 0 Å². The van der Waals surface area contributed by atoms with Crippen LogP contribution in [0.3, 0.4) is 0 Å². The van der Waals surface area contributed by atoms with Crippen molar-refractivity contribution in [2.24, 2.45) is 0 Å². The largest absolute Gasteiger partial charge is 0.539 e. The van der Waals surface area contributed by atoms with Gasteiger partial charge >= 0.3 is 7.69 Å². The van der Waals surface area contributed by atoms with E-state index in [1.54, 1.807) is 0 Å². The van der Waals surface area contributed by atoms with Gasteiger partial charge in [0.25, 0.3) is 0 Å². The second kappa shape index (κ2) is 9.55. The Morgan fingerprint density at radius 3 is 1.73 bits per heavy atom. The highest BCUT2D eigenvalue weighted by Crippen LogP contribution is 2.32. The van der Waals surface area contributed by atoms with E-state index in [9.17, 15) is 0 Å². The van der Waals surface area contributed by atoms with E-state index in [2.05, 4.69) is 66.7 Å². The molecule has 0 unspecified atom stereocenters. The summed E-state index contributed by atoms with van der Waals surface area (Å²) in [7, 11) is -0.345. The lowest BCUT2D eigenvalue weighted by Crippen LogP contribution is -1.99. The molecule has 158 valence electrons. The van der Waals surface area contributed by atoms with Crippen molar-refractivity contribution in [2.45, 2.75) is 0 Å². The van der Waals surface area contributed by atoms with Crippen molar-refractivity contribution in [3.63, 3.8) is 0 Å². The number of hydrogen-bond acceptors (Lipinski definition) is 3. The van der Waals surface area contributed by atoms with Gasteiger partial charge in [-0.15, -0.1) is 0 Å². The fourth-order valence-electron chi connectivity index (χ4n) is 3.93. The van der Waals surface area contributed by atoms with E-state index >= 15 is 0 Å². The van der Waals surface area contributed by atoms with Crippen LogP contribution in [0.2, 0.25) is 0 Å². The molecule has 0 bridgehead atoms. The van der Waals surface area contributed by atoms with Crippen molar-refractivity contribution in [3.8, 4) is 50.5 Å². The monoisotopic (exact) mass is 427 g/mol. The van der Waals surface area contributed by atoms with Crippen molar-refractivity contribution in [1.29, 1.82) is 0 Å². The second-order valence-electron chi connectivity index (χ2n) is 7.74. The van der Waals surface area contributed by atoms with Gasteiger partial charge in [0.05, 0.1) is 11.4 Å². The molecule has 0 spiro atoms. The molecular formula is C29H22BNO2. The third-order valence-corrected chi connectivity index (χ3v) is 5.56. The molecule has 1 aromatic heterocycles. The summed E-state index contributed by atoms with van der Waals surface area (Å²) in [6.45, 7) is 0. The van der Waals surface area contributed by atoms with Crippen LogP contribution in [-0.2, 0) is 0 Å². The molecule has 5 rings (SSSR count). The summed E-state index contributed by atoms with van der Waals surface area (Å²) < 4.78 is 5.26. The molecule has 0 aliphatic carbocycles. The van der Waals surface area contributed by atoms with Crippen molar-refractivity contribution in [1.82, 2.24) is 4.98 Å². The van der Waals surface area contributed by atoms with Crippen LogP contribution < -0.4 is 4.65 Å².